The standard InChI is InChI=1S/C16H23NO3/c1-4-7-12(8-5-2)15(18)17-14-10-6-9-13(11(14)3)16(19)20/h6,9-10,12H,4-5,7-8H2,1-3H3,(H,17,18)(H,19,20). The summed E-state index contributed by atoms with van der Waals surface area (Å²) >= 11 is 0. The molecule has 0 aliphatic rings. The molecule has 4 heteroatoms. The Bertz CT molecular complexity index is 477. The molecule has 2 N–H and O–H groups in total. The van der Waals surface area contributed by atoms with E-state index in [4.69, 9.17) is 5.11 Å². The smallest absolute Gasteiger partial charge is 0.336 e. The number of amides is 1. The molecule has 0 fully saturated rings. The van der Waals surface area contributed by atoms with Crippen LogP contribution in [-0.2, 0) is 4.79 Å². The number of carbonyl (C=O) groups excluding carboxylic acids is 1. The zero-order valence-electron chi connectivity index (χ0n) is 12.4. The van der Waals surface area contributed by atoms with Gasteiger partial charge in [0.25, 0.3) is 0 Å². The van der Waals surface area contributed by atoms with Crippen LogP contribution in [-0.4, -0.2) is 17.0 Å². The first kappa shape index (κ1) is 16.2. The van der Waals surface area contributed by atoms with Gasteiger partial charge in [0.15, 0.2) is 0 Å². The van der Waals surface area contributed by atoms with Gasteiger partial charge in [0.2, 0.25) is 5.91 Å². The number of hydrogen-bond acceptors (Lipinski definition) is 2. The number of hydrogen-bond donors (Lipinski definition) is 2. The highest BCUT2D eigenvalue weighted by Crippen LogP contribution is 2.22. The Kier molecular flexibility index (Phi) is 6.22. The molecule has 110 valence electrons. The second-order valence-corrected chi connectivity index (χ2v) is 5.05. The van der Waals surface area contributed by atoms with Crippen LogP contribution in [0.15, 0.2) is 18.2 Å². The lowest BCUT2D eigenvalue weighted by Crippen LogP contribution is -2.23. The van der Waals surface area contributed by atoms with Crippen LogP contribution < -0.4 is 5.32 Å². The van der Waals surface area contributed by atoms with Crippen molar-refractivity contribution < 1.29 is 14.7 Å². The van der Waals surface area contributed by atoms with Gasteiger partial charge in [-0.05, 0) is 37.5 Å². The Morgan fingerprint density at radius 3 is 2.30 bits per heavy atom. The predicted octanol–water partition coefficient (Wildman–Crippen LogP) is 3.85. The Morgan fingerprint density at radius 1 is 1.20 bits per heavy atom. The van der Waals surface area contributed by atoms with Gasteiger partial charge in [-0.3, -0.25) is 4.79 Å². The summed E-state index contributed by atoms with van der Waals surface area (Å²) in [6.07, 6.45) is 3.65. The Balaban J connectivity index is 2.89. The van der Waals surface area contributed by atoms with Crippen LogP contribution in [0.5, 0.6) is 0 Å². The van der Waals surface area contributed by atoms with Crippen molar-refractivity contribution in [2.24, 2.45) is 5.92 Å². The molecule has 0 radical (unpaired) electrons. The van der Waals surface area contributed by atoms with Gasteiger partial charge in [0, 0.05) is 11.6 Å². The Labute approximate surface area is 120 Å². The molecule has 0 aliphatic carbocycles. The molecule has 4 nitrogen and oxygen atoms in total. The predicted molar refractivity (Wildman–Crippen MR) is 80.1 cm³/mol. The third-order valence-corrected chi connectivity index (χ3v) is 3.47. The Morgan fingerprint density at radius 2 is 1.80 bits per heavy atom. The SMILES string of the molecule is CCCC(CCC)C(=O)Nc1cccc(C(=O)O)c1C. The Hall–Kier alpha value is -1.84. The summed E-state index contributed by atoms with van der Waals surface area (Å²) in [5.74, 6) is -0.991. The van der Waals surface area contributed by atoms with E-state index in [1.165, 1.54) is 0 Å². The van der Waals surface area contributed by atoms with Crippen LogP contribution in [0.2, 0.25) is 0 Å². The maximum Gasteiger partial charge on any atom is 0.336 e. The highest BCUT2D eigenvalue weighted by atomic mass is 16.4. The minimum atomic E-state index is -0.975. The van der Waals surface area contributed by atoms with Gasteiger partial charge >= 0.3 is 5.97 Å². The number of benzene rings is 1. The summed E-state index contributed by atoms with van der Waals surface area (Å²) in [5, 5.41) is 12.0. The number of carboxylic acids is 1. The van der Waals surface area contributed by atoms with Crippen molar-refractivity contribution in [3.05, 3.63) is 29.3 Å². The van der Waals surface area contributed by atoms with Crippen LogP contribution in [0.1, 0.15) is 55.5 Å². The van der Waals surface area contributed by atoms with Gasteiger partial charge in [-0.25, -0.2) is 4.79 Å². The zero-order chi connectivity index (χ0) is 15.1. The van der Waals surface area contributed by atoms with Crippen molar-refractivity contribution >= 4 is 17.6 Å². The second-order valence-electron chi connectivity index (χ2n) is 5.05. The summed E-state index contributed by atoms with van der Waals surface area (Å²) in [4.78, 5) is 23.4. The molecule has 0 aliphatic heterocycles. The normalized spacial score (nSPS) is 10.6. The van der Waals surface area contributed by atoms with E-state index < -0.39 is 5.97 Å². The quantitative estimate of drug-likeness (QED) is 0.795. The number of carboxylic acid groups (broad SMARTS) is 1. The van der Waals surface area contributed by atoms with E-state index in [2.05, 4.69) is 19.2 Å². The van der Waals surface area contributed by atoms with E-state index in [9.17, 15) is 9.59 Å². The fourth-order valence-electron chi connectivity index (χ4n) is 2.34. The van der Waals surface area contributed by atoms with Crippen LogP contribution >= 0.6 is 0 Å². The molecule has 0 spiro atoms. The van der Waals surface area contributed by atoms with Crippen molar-refractivity contribution in [2.75, 3.05) is 5.32 Å². The number of rotatable bonds is 7. The largest absolute Gasteiger partial charge is 0.478 e. The van der Waals surface area contributed by atoms with E-state index in [-0.39, 0.29) is 17.4 Å². The highest BCUT2D eigenvalue weighted by molar-refractivity contribution is 5.96. The van der Waals surface area contributed by atoms with Crippen LogP contribution in [0.3, 0.4) is 0 Å². The first-order valence-corrected chi connectivity index (χ1v) is 7.15. The van der Waals surface area contributed by atoms with Gasteiger partial charge in [-0.2, -0.15) is 0 Å². The first-order chi connectivity index (χ1) is 9.51. The molecular formula is C16H23NO3. The van der Waals surface area contributed by atoms with Gasteiger partial charge in [-0.15, -0.1) is 0 Å². The van der Waals surface area contributed by atoms with E-state index in [0.29, 0.717) is 11.3 Å². The van der Waals surface area contributed by atoms with E-state index in [0.717, 1.165) is 25.7 Å². The minimum Gasteiger partial charge on any atom is -0.478 e. The van der Waals surface area contributed by atoms with E-state index in [1.54, 1.807) is 25.1 Å². The van der Waals surface area contributed by atoms with Crippen molar-refractivity contribution in [2.45, 2.75) is 46.5 Å². The van der Waals surface area contributed by atoms with Crippen molar-refractivity contribution in [1.29, 1.82) is 0 Å². The molecule has 0 saturated carbocycles. The lowest BCUT2D eigenvalue weighted by Gasteiger charge is -2.17. The average molecular weight is 277 g/mol. The molecule has 1 amide bonds. The fraction of sp³-hybridized carbons (Fsp3) is 0.500. The molecular weight excluding hydrogens is 254 g/mol. The van der Waals surface area contributed by atoms with E-state index in [1.807, 2.05) is 0 Å². The fourth-order valence-corrected chi connectivity index (χ4v) is 2.34. The van der Waals surface area contributed by atoms with Crippen molar-refractivity contribution in [3.63, 3.8) is 0 Å². The minimum absolute atomic E-state index is 0.00196. The van der Waals surface area contributed by atoms with Gasteiger partial charge in [0.05, 0.1) is 5.56 Å². The van der Waals surface area contributed by atoms with E-state index >= 15 is 0 Å². The summed E-state index contributed by atoms with van der Waals surface area (Å²) < 4.78 is 0. The lowest BCUT2D eigenvalue weighted by atomic mass is 9.97. The van der Waals surface area contributed by atoms with Crippen LogP contribution in [0, 0.1) is 12.8 Å². The molecule has 1 aromatic carbocycles. The number of nitrogens with one attached hydrogen (secondary N) is 1. The van der Waals surface area contributed by atoms with Crippen LogP contribution in [0.4, 0.5) is 5.69 Å². The lowest BCUT2D eigenvalue weighted by molar-refractivity contribution is -0.120. The molecule has 1 aromatic rings. The molecule has 20 heavy (non-hydrogen) atoms. The average Bonchev–Trinajstić information content (AvgIpc) is 2.40. The van der Waals surface area contributed by atoms with Gasteiger partial charge in [-0.1, -0.05) is 32.8 Å². The molecule has 0 bridgehead atoms. The molecule has 0 atom stereocenters. The number of anilines is 1. The van der Waals surface area contributed by atoms with Gasteiger partial charge in [0.1, 0.15) is 0 Å². The third kappa shape index (κ3) is 4.08. The maximum absolute atomic E-state index is 12.3. The summed E-state index contributed by atoms with van der Waals surface area (Å²) in [7, 11) is 0. The number of aromatic carboxylic acids is 1. The maximum atomic E-state index is 12.3. The second kappa shape index (κ2) is 7.68. The molecule has 0 aromatic heterocycles. The van der Waals surface area contributed by atoms with Crippen molar-refractivity contribution in [3.8, 4) is 0 Å². The van der Waals surface area contributed by atoms with Gasteiger partial charge < -0.3 is 10.4 Å². The molecule has 0 heterocycles. The topological polar surface area (TPSA) is 66.4 Å². The third-order valence-electron chi connectivity index (χ3n) is 3.47. The van der Waals surface area contributed by atoms with Crippen LogP contribution in [0.25, 0.3) is 0 Å². The summed E-state index contributed by atoms with van der Waals surface area (Å²) in [6.45, 7) is 5.84. The monoisotopic (exact) mass is 277 g/mol. The summed E-state index contributed by atoms with van der Waals surface area (Å²) in [6, 6.07) is 4.94. The summed E-state index contributed by atoms with van der Waals surface area (Å²) in [5.41, 5.74) is 1.41. The van der Waals surface area contributed by atoms with Crippen molar-refractivity contribution in [1.82, 2.24) is 0 Å². The zero-order valence-corrected chi connectivity index (χ0v) is 12.4. The molecule has 1 rings (SSSR count). The molecule has 0 unspecified atom stereocenters. The number of carbonyl (C=O) groups is 2. The highest BCUT2D eigenvalue weighted by Gasteiger charge is 2.18. The molecule has 0 saturated heterocycles. The first-order valence-electron chi connectivity index (χ1n) is 7.15.